The molecule has 0 saturated carbocycles. The summed E-state index contributed by atoms with van der Waals surface area (Å²) in [4.78, 5) is 52.2. The summed E-state index contributed by atoms with van der Waals surface area (Å²) in [6.45, 7) is 0.227. The minimum absolute atomic E-state index is 0.0273. The Kier molecular flexibility index (Phi) is 8.71. The smallest absolute Gasteiger partial charge is 0.411 e. The predicted molar refractivity (Wildman–Crippen MR) is 138 cm³/mol. The first-order valence-electron chi connectivity index (χ1n) is 12.2. The molecule has 38 heavy (non-hydrogen) atoms. The molecular formula is C29H29N3O6. The van der Waals surface area contributed by atoms with E-state index in [4.69, 9.17) is 15.2 Å². The van der Waals surface area contributed by atoms with Gasteiger partial charge in [-0.05, 0) is 22.3 Å². The maximum atomic E-state index is 13.4. The Labute approximate surface area is 220 Å². The molecule has 3 aromatic carbocycles. The Morgan fingerprint density at radius 2 is 1.37 bits per heavy atom. The van der Waals surface area contributed by atoms with E-state index in [9.17, 15) is 19.2 Å². The largest absolute Gasteiger partial charge is 0.461 e. The first-order valence-corrected chi connectivity index (χ1v) is 12.2. The maximum absolute atomic E-state index is 13.4. The topological polar surface area (TPSA) is 128 Å². The highest BCUT2D eigenvalue weighted by Gasteiger charge is 2.37. The van der Waals surface area contributed by atoms with Crippen LogP contribution in [0.3, 0.4) is 0 Å². The number of hydrogen-bond donors (Lipinski definition) is 2. The van der Waals surface area contributed by atoms with Crippen LogP contribution in [-0.2, 0) is 50.0 Å². The Morgan fingerprint density at radius 3 is 1.97 bits per heavy atom. The standard InChI is InChI=1S/C29H29N3O6/c30-27(34)24(16-26(33)37-18-20-9-3-1-4-10-20)31-28(35)25-15-22-13-7-8-14-23(22)17-32(25)29(36)38-19-21-11-5-2-6-12-21/h1-14,24-25H,15-19H2,(H2,30,34)(H,31,35)/t24-,25+/m1/s1. The Hall–Kier alpha value is -4.66. The number of amides is 3. The van der Waals surface area contributed by atoms with Crippen LogP contribution in [0.4, 0.5) is 4.79 Å². The van der Waals surface area contributed by atoms with Crippen molar-refractivity contribution in [2.45, 2.75) is 44.7 Å². The van der Waals surface area contributed by atoms with Crippen LogP contribution >= 0.6 is 0 Å². The molecule has 9 heteroatoms. The number of nitrogens with two attached hydrogens (primary N) is 1. The minimum Gasteiger partial charge on any atom is -0.461 e. The fourth-order valence-electron chi connectivity index (χ4n) is 4.21. The molecular weight excluding hydrogens is 486 g/mol. The number of nitrogens with zero attached hydrogens (tertiary/aromatic N) is 1. The van der Waals surface area contributed by atoms with Crippen molar-refractivity contribution in [1.29, 1.82) is 0 Å². The van der Waals surface area contributed by atoms with E-state index in [1.54, 1.807) is 12.1 Å². The molecule has 0 unspecified atom stereocenters. The molecule has 1 aliphatic rings. The molecule has 0 bridgehead atoms. The van der Waals surface area contributed by atoms with Crippen molar-refractivity contribution in [1.82, 2.24) is 10.2 Å². The summed E-state index contributed by atoms with van der Waals surface area (Å²) in [7, 11) is 0. The second kappa shape index (κ2) is 12.5. The van der Waals surface area contributed by atoms with E-state index in [-0.39, 0.29) is 26.2 Å². The van der Waals surface area contributed by atoms with Gasteiger partial charge in [0.25, 0.3) is 0 Å². The van der Waals surface area contributed by atoms with E-state index in [2.05, 4.69) is 5.32 Å². The number of esters is 1. The molecule has 3 amide bonds. The van der Waals surface area contributed by atoms with Crippen molar-refractivity contribution < 1.29 is 28.7 Å². The minimum atomic E-state index is -1.30. The quantitative estimate of drug-likeness (QED) is 0.422. The van der Waals surface area contributed by atoms with Crippen LogP contribution in [0.1, 0.15) is 28.7 Å². The average Bonchev–Trinajstić information content (AvgIpc) is 2.94. The molecule has 1 heterocycles. The zero-order valence-corrected chi connectivity index (χ0v) is 20.7. The average molecular weight is 516 g/mol. The Balaban J connectivity index is 1.43. The first kappa shape index (κ1) is 26.4. The van der Waals surface area contributed by atoms with E-state index >= 15 is 0 Å². The number of ether oxygens (including phenoxy) is 2. The molecule has 1 aliphatic heterocycles. The van der Waals surface area contributed by atoms with E-state index in [0.717, 1.165) is 22.3 Å². The summed E-state index contributed by atoms with van der Waals surface area (Å²) in [6, 6.07) is 23.5. The predicted octanol–water partition coefficient (Wildman–Crippen LogP) is 2.85. The number of carbonyl (C=O) groups excluding carboxylic acids is 4. The Morgan fingerprint density at radius 1 is 0.816 bits per heavy atom. The second-order valence-electron chi connectivity index (χ2n) is 8.97. The normalized spacial score (nSPS) is 15.1. The summed E-state index contributed by atoms with van der Waals surface area (Å²) in [5, 5.41) is 2.54. The van der Waals surface area contributed by atoms with Crippen LogP contribution in [0.15, 0.2) is 84.9 Å². The van der Waals surface area contributed by atoms with E-state index in [1.165, 1.54) is 4.90 Å². The number of hydrogen-bond acceptors (Lipinski definition) is 6. The molecule has 0 radical (unpaired) electrons. The molecule has 0 aromatic heterocycles. The fraction of sp³-hybridized carbons (Fsp3) is 0.241. The van der Waals surface area contributed by atoms with E-state index in [0.29, 0.717) is 0 Å². The maximum Gasteiger partial charge on any atom is 0.411 e. The number of carbonyl (C=O) groups is 4. The third-order valence-electron chi connectivity index (χ3n) is 6.26. The van der Waals surface area contributed by atoms with Crippen molar-refractivity contribution in [2.24, 2.45) is 5.73 Å². The highest BCUT2D eigenvalue weighted by molar-refractivity contribution is 5.93. The molecule has 196 valence electrons. The van der Waals surface area contributed by atoms with E-state index in [1.807, 2.05) is 72.8 Å². The van der Waals surface area contributed by atoms with Gasteiger partial charge in [0.1, 0.15) is 25.3 Å². The van der Waals surface area contributed by atoms with Gasteiger partial charge < -0.3 is 20.5 Å². The molecule has 4 rings (SSSR count). The first-order chi connectivity index (χ1) is 18.4. The monoisotopic (exact) mass is 515 g/mol. The molecule has 0 aliphatic carbocycles. The summed E-state index contributed by atoms with van der Waals surface area (Å²) in [5.74, 6) is -2.19. The SMILES string of the molecule is NC(=O)[C@@H](CC(=O)OCc1ccccc1)NC(=O)[C@@H]1Cc2ccccc2CN1C(=O)OCc1ccccc1. The van der Waals surface area contributed by atoms with Crippen molar-refractivity contribution in [3.8, 4) is 0 Å². The molecule has 2 atom stereocenters. The van der Waals surface area contributed by atoms with Gasteiger partial charge >= 0.3 is 12.1 Å². The molecule has 0 saturated heterocycles. The zero-order chi connectivity index (χ0) is 26.9. The summed E-state index contributed by atoms with van der Waals surface area (Å²) in [5.41, 5.74) is 8.87. The molecule has 9 nitrogen and oxygen atoms in total. The zero-order valence-electron chi connectivity index (χ0n) is 20.7. The van der Waals surface area contributed by atoms with Crippen LogP contribution in [-0.4, -0.2) is 40.9 Å². The van der Waals surface area contributed by atoms with Gasteiger partial charge in [0, 0.05) is 6.42 Å². The summed E-state index contributed by atoms with van der Waals surface area (Å²) in [6.07, 6.45) is -0.886. The number of primary amides is 1. The van der Waals surface area contributed by atoms with Crippen molar-refractivity contribution in [3.63, 3.8) is 0 Å². The van der Waals surface area contributed by atoms with Gasteiger partial charge in [0.05, 0.1) is 13.0 Å². The van der Waals surface area contributed by atoms with Crippen LogP contribution in [0.25, 0.3) is 0 Å². The molecule has 3 aromatic rings. The molecule has 0 spiro atoms. The summed E-state index contributed by atoms with van der Waals surface area (Å²) >= 11 is 0. The van der Waals surface area contributed by atoms with Crippen LogP contribution < -0.4 is 11.1 Å². The lowest BCUT2D eigenvalue weighted by atomic mass is 9.93. The van der Waals surface area contributed by atoms with Crippen LogP contribution in [0.2, 0.25) is 0 Å². The highest BCUT2D eigenvalue weighted by Crippen LogP contribution is 2.25. The highest BCUT2D eigenvalue weighted by atomic mass is 16.6. The molecule has 3 N–H and O–H groups in total. The van der Waals surface area contributed by atoms with Gasteiger partial charge in [-0.1, -0.05) is 84.9 Å². The van der Waals surface area contributed by atoms with Gasteiger partial charge in [-0.2, -0.15) is 0 Å². The van der Waals surface area contributed by atoms with Gasteiger partial charge in [0.15, 0.2) is 0 Å². The number of fused-ring (bicyclic) bond motifs is 1. The number of nitrogens with one attached hydrogen (secondary N) is 1. The third-order valence-corrected chi connectivity index (χ3v) is 6.26. The lowest BCUT2D eigenvalue weighted by molar-refractivity contribution is -0.147. The second-order valence-corrected chi connectivity index (χ2v) is 8.97. The van der Waals surface area contributed by atoms with Crippen molar-refractivity contribution >= 4 is 23.9 Å². The van der Waals surface area contributed by atoms with Gasteiger partial charge in [-0.3, -0.25) is 19.3 Å². The van der Waals surface area contributed by atoms with E-state index < -0.39 is 42.4 Å². The van der Waals surface area contributed by atoms with Gasteiger partial charge in [-0.25, -0.2) is 4.79 Å². The van der Waals surface area contributed by atoms with Crippen molar-refractivity contribution in [3.05, 3.63) is 107 Å². The lowest BCUT2D eigenvalue weighted by Crippen LogP contribution is -2.56. The molecule has 0 fully saturated rings. The number of rotatable bonds is 9. The van der Waals surface area contributed by atoms with Gasteiger partial charge in [0.2, 0.25) is 11.8 Å². The van der Waals surface area contributed by atoms with Crippen LogP contribution in [0.5, 0.6) is 0 Å². The summed E-state index contributed by atoms with van der Waals surface area (Å²) < 4.78 is 10.7. The lowest BCUT2D eigenvalue weighted by Gasteiger charge is -2.35. The Bertz CT molecular complexity index is 1280. The number of benzene rings is 3. The van der Waals surface area contributed by atoms with Crippen molar-refractivity contribution in [2.75, 3.05) is 0 Å². The fourth-order valence-corrected chi connectivity index (χ4v) is 4.21. The third kappa shape index (κ3) is 6.97. The van der Waals surface area contributed by atoms with Crippen LogP contribution in [0, 0.1) is 0 Å². The van der Waals surface area contributed by atoms with Gasteiger partial charge in [-0.15, -0.1) is 0 Å².